The summed E-state index contributed by atoms with van der Waals surface area (Å²) in [6, 6.07) is 9.24. The lowest BCUT2D eigenvalue weighted by molar-refractivity contribution is 0.239. The summed E-state index contributed by atoms with van der Waals surface area (Å²) >= 11 is 1.94. The molecule has 0 spiro atoms. The van der Waals surface area contributed by atoms with Gasteiger partial charge < -0.3 is 5.32 Å². The Morgan fingerprint density at radius 1 is 1.24 bits per heavy atom. The summed E-state index contributed by atoms with van der Waals surface area (Å²) < 4.78 is 0. The van der Waals surface area contributed by atoms with Gasteiger partial charge in [-0.15, -0.1) is 11.8 Å². The predicted molar refractivity (Wildman–Crippen MR) is 76.9 cm³/mol. The van der Waals surface area contributed by atoms with E-state index in [0.29, 0.717) is 10.7 Å². The van der Waals surface area contributed by atoms with Crippen LogP contribution in [0.4, 0.5) is 0 Å². The Kier molecular flexibility index (Phi) is 4.16. The summed E-state index contributed by atoms with van der Waals surface area (Å²) in [7, 11) is 2.06. The van der Waals surface area contributed by atoms with Crippen LogP contribution in [0.25, 0.3) is 0 Å². The first kappa shape index (κ1) is 13.0. The zero-order valence-electron chi connectivity index (χ0n) is 11.1. The fraction of sp³-hybridized carbons (Fsp3) is 0.600. The zero-order valence-corrected chi connectivity index (χ0v) is 11.9. The van der Waals surface area contributed by atoms with Crippen LogP contribution >= 0.6 is 11.8 Å². The number of hydrogen-bond donors (Lipinski definition) is 1. The lowest BCUT2D eigenvalue weighted by atomic mass is 9.64. The van der Waals surface area contributed by atoms with Crippen LogP contribution in [-0.2, 0) is 5.41 Å². The second-order valence-corrected chi connectivity index (χ2v) is 7.01. The van der Waals surface area contributed by atoms with E-state index in [1.807, 2.05) is 11.8 Å². The molecule has 1 saturated carbocycles. The van der Waals surface area contributed by atoms with Crippen LogP contribution in [0.15, 0.2) is 29.2 Å². The smallest absolute Gasteiger partial charge is 0.00776 e. The molecule has 1 aliphatic carbocycles. The highest BCUT2D eigenvalue weighted by atomic mass is 32.2. The molecule has 0 heterocycles. The Morgan fingerprint density at radius 3 is 2.29 bits per heavy atom. The minimum atomic E-state index is 0.426. The molecule has 1 aliphatic rings. The monoisotopic (exact) mass is 249 g/mol. The first-order valence-corrected chi connectivity index (χ1v) is 7.46. The number of hydrogen-bond acceptors (Lipinski definition) is 2. The van der Waals surface area contributed by atoms with E-state index in [1.165, 1.54) is 29.7 Å². The number of likely N-dealkylation sites (N-methyl/N-ethyl adjacent to an activating group) is 1. The predicted octanol–water partition coefficient (Wildman–Crippen LogP) is 3.83. The highest BCUT2D eigenvalue weighted by molar-refractivity contribution is 7.99. The van der Waals surface area contributed by atoms with Gasteiger partial charge in [-0.3, -0.25) is 0 Å². The van der Waals surface area contributed by atoms with Gasteiger partial charge in [0.15, 0.2) is 0 Å². The summed E-state index contributed by atoms with van der Waals surface area (Å²) in [5, 5.41) is 4.01. The van der Waals surface area contributed by atoms with Crippen LogP contribution in [0.5, 0.6) is 0 Å². The average molecular weight is 249 g/mol. The van der Waals surface area contributed by atoms with Crippen molar-refractivity contribution in [3.63, 3.8) is 0 Å². The van der Waals surface area contributed by atoms with Crippen LogP contribution in [-0.4, -0.2) is 18.8 Å². The van der Waals surface area contributed by atoms with Gasteiger partial charge >= 0.3 is 0 Å². The van der Waals surface area contributed by atoms with Gasteiger partial charge in [0.1, 0.15) is 0 Å². The van der Waals surface area contributed by atoms with Gasteiger partial charge in [-0.1, -0.05) is 32.4 Å². The minimum absolute atomic E-state index is 0.426. The van der Waals surface area contributed by atoms with E-state index < -0.39 is 0 Å². The largest absolute Gasteiger partial charge is 0.319 e. The van der Waals surface area contributed by atoms with Gasteiger partial charge in [-0.25, -0.2) is 0 Å². The Hall–Kier alpha value is -0.470. The Balaban J connectivity index is 2.11. The zero-order chi connectivity index (χ0) is 12.3. The van der Waals surface area contributed by atoms with Crippen LogP contribution in [0, 0.1) is 0 Å². The van der Waals surface area contributed by atoms with Crippen molar-refractivity contribution in [2.45, 2.75) is 48.7 Å². The molecule has 1 aromatic rings. The molecule has 1 N–H and O–H groups in total. The number of benzene rings is 1. The second kappa shape index (κ2) is 5.45. The van der Waals surface area contributed by atoms with E-state index in [0.717, 1.165) is 6.54 Å². The second-order valence-electron chi connectivity index (χ2n) is 5.36. The van der Waals surface area contributed by atoms with Crippen LogP contribution < -0.4 is 5.32 Å². The normalized spacial score (nSPS) is 18.1. The lowest BCUT2D eigenvalue weighted by Crippen LogP contribution is -2.42. The third kappa shape index (κ3) is 2.86. The minimum Gasteiger partial charge on any atom is -0.319 e. The van der Waals surface area contributed by atoms with Crippen molar-refractivity contribution in [1.82, 2.24) is 5.32 Å². The topological polar surface area (TPSA) is 12.0 Å². The standard InChI is InChI=1S/C15H23NS/c1-12(2)17-14-7-5-13(6-8-14)15(11-16-3)9-4-10-15/h5-8,12,16H,4,9-11H2,1-3H3. The fourth-order valence-electron chi connectivity index (χ4n) is 2.67. The van der Waals surface area contributed by atoms with Gasteiger partial charge in [0.05, 0.1) is 0 Å². The first-order valence-electron chi connectivity index (χ1n) is 6.58. The Bertz CT molecular complexity index is 352. The van der Waals surface area contributed by atoms with Gasteiger partial charge in [-0.2, -0.15) is 0 Å². The quantitative estimate of drug-likeness (QED) is 0.796. The van der Waals surface area contributed by atoms with Crippen molar-refractivity contribution in [2.24, 2.45) is 0 Å². The van der Waals surface area contributed by atoms with Crippen LogP contribution in [0.3, 0.4) is 0 Å². The molecule has 0 radical (unpaired) electrons. The van der Waals surface area contributed by atoms with Gasteiger partial charge in [0, 0.05) is 22.1 Å². The van der Waals surface area contributed by atoms with E-state index in [1.54, 1.807) is 0 Å². The molecule has 0 atom stereocenters. The maximum atomic E-state index is 3.35. The third-order valence-electron chi connectivity index (χ3n) is 3.66. The van der Waals surface area contributed by atoms with Crippen molar-refractivity contribution in [2.75, 3.05) is 13.6 Å². The Labute approximate surface area is 109 Å². The fourth-order valence-corrected chi connectivity index (χ4v) is 3.51. The molecule has 0 unspecified atom stereocenters. The van der Waals surface area contributed by atoms with E-state index in [2.05, 4.69) is 50.5 Å². The molecule has 2 heteroatoms. The van der Waals surface area contributed by atoms with Gasteiger partial charge in [0.2, 0.25) is 0 Å². The van der Waals surface area contributed by atoms with E-state index in [9.17, 15) is 0 Å². The van der Waals surface area contributed by atoms with Crippen molar-refractivity contribution in [1.29, 1.82) is 0 Å². The summed E-state index contributed by atoms with van der Waals surface area (Å²) in [6.07, 6.45) is 4.05. The molecule has 1 aromatic carbocycles. The van der Waals surface area contributed by atoms with Crippen LogP contribution in [0.2, 0.25) is 0 Å². The van der Waals surface area contributed by atoms with Crippen molar-refractivity contribution < 1.29 is 0 Å². The Morgan fingerprint density at radius 2 is 1.88 bits per heavy atom. The van der Waals surface area contributed by atoms with E-state index in [4.69, 9.17) is 0 Å². The van der Waals surface area contributed by atoms with Crippen molar-refractivity contribution in [3.05, 3.63) is 29.8 Å². The average Bonchev–Trinajstić information content (AvgIpc) is 2.24. The van der Waals surface area contributed by atoms with Gasteiger partial charge in [-0.05, 0) is 37.6 Å². The molecule has 1 fully saturated rings. The van der Waals surface area contributed by atoms with Crippen LogP contribution in [0.1, 0.15) is 38.7 Å². The molecule has 2 rings (SSSR count). The molecule has 0 aliphatic heterocycles. The maximum absolute atomic E-state index is 3.35. The summed E-state index contributed by atoms with van der Waals surface area (Å²) in [5.41, 5.74) is 1.95. The van der Waals surface area contributed by atoms with Crippen molar-refractivity contribution >= 4 is 11.8 Å². The molecule has 94 valence electrons. The number of rotatable bonds is 5. The van der Waals surface area contributed by atoms with Crippen molar-refractivity contribution in [3.8, 4) is 0 Å². The summed E-state index contributed by atoms with van der Waals surface area (Å²) in [4.78, 5) is 1.39. The summed E-state index contributed by atoms with van der Waals surface area (Å²) in [5.74, 6) is 0. The summed E-state index contributed by atoms with van der Waals surface area (Å²) in [6.45, 7) is 5.60. The number of thioether (sulfide) groups is 1. The van der Waals surface area contributed by atoms with E-state index in [-0.39, 0.29) is 0 Å². The van der Waals surface area contributed by atoms with E-state index >= 15 is 0 Å². The molecule has 0 aromatic heterocycles. The highest BCUT2D eigenvalue weighted by Gasteiger charge is 2.37. The number of nitrogens with one attached hydrogen (secondary N) is 1. The maximum Gasteiger partial charge on any atom is 0.00776 e. The third-order valence-corrected chi connectivity index (χ3v) is 4.68. The molecular formula is C15H23NS. The molecule has 0 bridgehead atoms. The molecular weight excluding hydrogens is 226 g/mol. The molecule has 17 heavy (non-hydrogen) atoms. The SMILES string of the molecule is CNCC1(c2ccc(SC(C)C)cc2)CCC1. The molecule has 0 amide bonds. The highest BCUT2D eigenvalue weighted by Crippen LogP contribution is 2.43. The van der Waals surface area contributed by atoms with Gasteiger partial charge in [0.25, 0.3) is 0 Å². The molecule has 1 nitrogen and oxygen atoms in total. The first-order chi connectivity index (χ1) is 8.16. The lowest BCUT2D eigenvalue weighted by Gasteiger charge is -2.42. The molecule has 0 saturated heterocycles.